The highest BCUT2D eigenvalue weighted by atomic mass is 79.9. The number of aliphatic hydroxyl groups is 1. The lowest BCUT2D eigenvalue weighted by Crippen LogP contribution is -2.36. The topological polar surface area (TPSA) is 88.2 Å². The first-order valence-corrected chi connectivity index (χ1v) is 11.7. The van der Waals surface area contributed by atoms with Gasteiger partial charge in [-0.25, -0.2) is 19.3 Å². The maximum Gasteiger partial charge on any atom is 0.191 e. The van der Waals surface area contributed by atoms with Crippen molar-refractivity contribution in [3.63, 3.8) is 0 Å². The van der Waals surface area contributed by atoms with Crippen molar-refractivity contribution < 1.29 is 9.50 Å². The van der Waals surface area contributed by atoms with Gasteiger partial charge in [-0.15, -0.1) is 0 Å². The van der Waals surface area contributed by atoms with Crippen molar-refractivity contribution in [2.75, 3.05) is 24.3 Å². The fraction of sp³-hybridized carbons (Fsp3) is 0.421. The van der Waals surface area contributed by atoms with Crippen LogP contribution in [0.1, 0.15) is 25.8 Å². The first-order valence-electron chi connectivity index (χ1n) is 9.13. The molecule has 0 bridgehead atoms. The van der Waals surface area contributed by atoms with Gasteiger partial charge in [0.2, 0.25) is 0 Å². The number of likely N-dealkylation sites (N-methyl/N-ethyl adjacent to an activating group) is 1. The molecule has 1 atom stereocenters. The zero-order valence-electron chi connectivity index (χ0n) is 16.4. The van der Waals surface area contributed by atoms with Crippen LogP contribution in [0.3, 0.4) is 0 Å². The third kappa shape index (κ3) is 5.36. The Labute approximate surface area is 185 Å². The number of fused-ring (bicyclic) bond motifs is 1. The molecule has 2 aromatic heterocycles. The molecule has 0 saturated heterocycles. The zero-order chi connectivity index (χ0) is 21.1. The number of halogens is 2. The summed E-state index contributed by atoms with van der Waals surface area (Å²) >= 11 is 5.93. The second-order valence-electron chi connectivity index (χ2n) is 7.14. The molecule has 0 radical (unpaired) electrons. The van der Waals surface area contributed by atoms with Crippen LogP contribution in [0.5, 0.6) is 0 Å². The Hall–Kier alpha value is -1.49. The van der Waals surface area contributed by atoms with Gasteiger partial charge >= 0.3 is 0 Å². The van der Waals surface area contributed by atoms with E-state index in [4.69, 9.17) is 10.7 Å². The fourth-order valence-corrected chi connectivity index (χ4v) is 4.92. The smallest absolute Gasteiger partial charge is 0.191 e. The van der Waals surface area contributed by atoms with Crippen molar-refractivity contribution in [2.45, 2.75) is 37.2 Å². The van der Waals surface area contributed by atoms with E-state index < -0.39 is 0 Å². The van der Waals surface area contributed by atoms with Gasteiger partial charge in [0, 0.05) is 17.3 Å². The summed E-state index contributed by atoms with van der Waals surface area (Å²) in [4.78, 5) is 15.5. The van der Waals surface area contributed by atoms with Gasteiger partial charge in [-0.1, -0.05) is 58.9 Å². The van der Waals surface area contributed by atoms with Crippen molar-refractivity contribution in [3.8, 4) is 0 Å². The van der Waals surface area contributed by atoms with Crippen LogP contribution in [0.15, 0.2) is 27.8 Å². The van der Waals surface area contributed by atoms with Gasteiger partial charge < -0.3 is 15.7 Å². The summed E-state index contributed by atoms with van der Waals surface area (Å²) in [6, 6.07) is 4.90. The number of benzene rings is 1. The highest BCUT2D eigenvalue weighted by Gasteiger charge is 2.22. The van der Waals surface area contributed by atoms with E-state index in [0.29, 0.717) is 43.5 Å². The molecule has 0 spiro atoms. The number of hydrogen-bond acceptors (Lipinski definition) is 8. The van der Waals surface area contributed by atoms with E-state index in [1.807, 2.05) is 11.9 Å². The summed E-state index contributed by atoms with van der Waals surface area (Å²) in [5, 5.41) is 10.8. The van der Waals surface area contributed by atoms with Gasteiger partial charge in [-0.3, -0.25) is 0 Å². The number of nitrogen functional groups attached to an aromatic ring is 1. The minimum absolute atomic E-state index is 0.0149. The molecule has 3 N–H and O–H groups in total. The predicted molar refractivity (Wildman–Crippen MR) is 122 cm³/mol. The van der Waals surface area contributed by atoms with Crippen LogP contribution in [-0.2, 0) is 5.75 Å². The van der Waals surface area contributed by atoms with E-state index in [-0.39, 0.29) is 18.5 Å². The third-order valence-corrected chi connectivity index (χ3v) is 6.70. The summed E-state index contributed by atoms with van der Waals surface area (Å²) in [5.74, 6) is 1.22. The van der Waals surface area contributed by atoms with E-state index in [1.54, 1.807) is 12.1 Å². The Morgan fingerprint density at radius 3 is 2.72 bits per heavy atom. The molecule has 0 aliphatic rings. The molecule has 2 heterocycles. The second kappa shape index (κ2) is 9.55. The summed E-state index contributed by atoms with van der Waals surface area (Å²) in [6.07, 6.45) is 0.819. The van der Waals surface area contributed by atoms with E-state index in [2.05, 4.69) is 39.7 Å². The summed E-state index contributed by atoms with van der Waals surface area (Å²) in [5.41, 5.74) is 7.00. The number of aliphatic hydroxyl groups excluding tert-OH is 1. The van der Waals surface area contributed by atoms with Crippen molar-refractivity contribution in [2.24, 2.45) is 5.92 Å². The largest absolute Gasteiger partial charge is 0.394 e. The van der Waals surface area contributed by atoms with E-state index in [1.165, 1.54) is 29.2 Å². The molecule has 0 aliphatic heterocycles. The van der Waals surface area contributed by atoms with Crippen LogP contribution in [-0.4, -0.2) is 39.8 Å². The lowest BCUT2D eigenvalue weighted by Gasteiger charge is -2.29. The molecular weight excluding hydrogens is 477 g/mol. The Kier molecular flexibility index (Phi) is 7.31. The Balaban J connectivity index is 1.92. The molecule has 0 fully saturated rings. The van der Waals surface area contributed by atoms with Crippen LogP contribution >= 0.6 is 39.0 Å². The molecule has 0 saturated carbocycles. The quantitative estimate of drug-likeness (QED) is 0.342. The second-order valence-corrected chi connectivity index (χ2v) is 10.0. The number of nitrogens with two attached hydrogens (primary N) is 1. The molecule has 156 valence electrons. The fourth-order valence-electron chi connectivity index (χ4n) is 2.96. The standard InChI is InChI=1S/C19H23BrFN5OS2/c1-10(2)6-13(8-27)26(3)17-15-16(23-18(22)29-15)24-19(25-17)28-9-11-4-5-12(20)7-14(11)21/h4-5,7,10,13,27H,6,8-9H2,1-3H3,(H2,22,23,24,25)/t13-/m1/s1. The molecule has 0 unspecified atom stereocenters. The number of thiazole rings is 1. The van der Waals surface area contributed by atoms with Crippen molar-refractivity contribution in [1.82, 2.24) is 15.0 Å². The Morgan fingerprint density at radius 2 is 2.07 bits per heavy atom. The van der Waals surface area contributed by atoms with Crippen LogP contribution in [0.4, 0.5) is 15.3 Å². The highest BCUT2D eigenvalue weighted by molar-refractivity contribution is 9.10. The average Bonchev–Trinajstić information content (AvgIpc) is 3.04. The molecular formula is C19H23BrFN5OS2. The van der Waals surface area contributed by atoms with Gasteiger partial charge in [0.25, 0.3) is 0 Å². The van der Waals surface area contributed by atoms with E-state index in [0.717, 1.165) is 11.1 Å². The monoisotopic (exact) mass is 499 g/mol. The number of hydrogen-bond donors (Lipinski definition) is 2. The molecule has 0 aliphatic carbocycles. The normalized spacial score (nSPS) is 12.7. The molecule has 1 aromatic carbocycles. The SMILES string of the molecule is CC(C)C[C@H](CO)N(C)c1nc(SCc2ccc(Br)cc2F)nc2nc(N)sc12. The summed E-state index contributed by atoms with van der Waals surface area (Å²) < 4.78 is 15.6. The molecule has 10 heteroatoms. The number of anilines is 2. The van der Waals surface area contributed by atoms with Gasteiger partial charge in [0.1, 0.15) is 10.5 Å². The van der Waals surface area contributed by atoms with Crippen molar-refractivity contribution in [1.29, 1.82) is 0 Å². The van der Waals surface area contributed by atoms with Crippen LogP contribution in [0.25, 0.3) is 10.3 Å². The third-order valence-electron chi connectivity index (χ3n) is 4.44. The minimum atomic E-state index is -0.277. The van der Waals surface area contributed by atoms with Gasteiger partial charge in [0.05, 0.1) is 12.6 Å². The molecule has 6 nitrogen and oxygen atoms in total. The first kappa shape index (κ1) is 22.2. The van der Waals surface area contributed by atoms with Gasteiger partial charge in [-0.05, 0) is 30.0 Å². The van der Waals surface area contributed by atoms with Crippen LogP contribution in [0, 0.1) is 11.7 Å². The first-order chi connectivity index (χ1) is 13.8. The lowest BCUT2D eigenvalue weighted by molar-refractivity contribution is 0.245. The maximum absolute atomic E-state index is 14.1. The number of thioether (sulfide) groups is 1. The van der Waals surface area contributed by atoms with Crippen LogP contribution in [0.2, 0.25) is 0 Å². The van der Waals surface area contributed by atoms with Crippen molar-refractivity contribution >= 4 is 60.3 Å². The maximum atomic E-state index is 14.1. The molecule has 3 rings (SSSR count). The Morgan fingerprint density at radius 1 is 1.31 bits per heavy atom. The van der Waals surface area contributed by atoms with Gasteiger partial charge in [-0.2, -0.15) is 0 Å². The minimum Gasteiger partial charge on any atom is -0.394 e. The molecule has 3 aromatic rings. The molecule has 29 heavy (non-hydrogen) atoms. The summed E-state index contributed by atoms with van der Waals surface area (Å²) in [6.45, 7) is 4.25. The summed E-state index contributed by atoms with van der Waals surface area (Å²) in [7, 11) is 1.91. The van der Waals surface area contributed by atoms with E-state index >= 15 is 0 Å². The lowest BCUT2D eigenvalue weighted by atomic mass is 10.0. The Bertz CT molecular complexity index is 1000. The molecule has 0 amide bonds. The van der Waals surface area contributed by atoms with Crippen molar-refractivity contribution in [3.05, 3.63) is 34.1 Å². The van der Waals surface area contributed by atoms with Gasteiger partial charge in [0.15, 0.2) is 21.8 Å². The van der Waals surface area contributed by atoms with E-state index in [9.17, 15) is 9.50 Å². The van der Waals surface area contributed by atoms with Crippen LogP contribution < -0.4 is 10.6 Å². The predicted octanol–water partition coefficient (Wildman–Crippen LogP) is 4.71. The number of rotatable bonds is 8. The zero-order valence-corrected chi connectivity index (χ0v) is 19.6. The highest BCUT2D eigenvalue weighted by Crippen LogP contribution is 2.34. The average molecular weight is 500 g/mol. The number of aromatic nitrogens is 3. The number of nitrogens with zero attached hydrogens (tertiary/aromatic N) is 4.